The zero-order chi connectivity index (χ0) is 19.6. The van der Waals surface area contributed by atoms with Crippen molar-refractivity contribution in [1.29, 1.82) is 0 Å². The molecule has 0 bridgehead atoms. The van der Waals surface area contributed by atoms with Gasteiger partial charge in [-0.05, 0) is 38.1 Å². The number of carbonyl (C=O) groups is 1. The van der Waals surface area contributed by atoms with Crippen LogP contribution >= 0.6 is 11.8 Å². The van der Waals surface area contributed by atoms with Crippen molar-refractivity contribution in [2.24, 2.45) is 0 Å². The first-order valence-electron chi connectivity index (χ1n) is 8.33. The SMILES string of the molecule is CCn1c(SC(C)C(=O)Nc2c(F)cccc2F)nc2ccccc2c1=O. The number of rotatable bonds is 5. The third-order valence-electron chi connectivity index (χ3n) is 4.01. The van der Waals surface area contributed by atoms with E-state index in [4.69, 9.17) is 0 Å². The zero-order valence-corrected chi connectivity index (χ0v) is 15.5. The Bertz CT molecular complexity index is 1050. The number of nitrogens with one attached hydrogen (secondary N) is 1. The van der Waals surface area contributed by atoms with Crippen LogP contribution < -0.4 is 10.9 Å². The standard InChI is InChI=1S/C19H17F2N3O2S/c1-3-24-18(26)12-7-4-5-10-15(12)22-19(24)27-11(2)17(25)23-16-13(20)8-6-9-14(16)21/h4-11H,3H2,1-2H3,(H,23,25). The number of thioether (sulfide) groups is 1. The van der Waals surface area contributed by atoms with Crippen LogP contribution in [0.1, 0.15) is 13.8 Å². The quantitative estimate of drug-likeness (QED) is 0.532. The van der Waals surface area contributed by atoms with Gasteiger partial charge in [-0.15, -0.1) is 0 Å². The Labute approximate surface area is 158 Å². The van der Waals surface area contributed by atoms with Gasteiger partial charge in [-0.3, -0.25) is 14.2 Å². The molecule has 3 aromatic rings. The predicted octanol–water partition coefficient (Wildman–Crippen LogP) is 3.81. The van der Waals surface area contributed by atoms with Crippen LogP contribution in [0, 0.1) is 11.6 Å². The van der Waals surface area contributed by atoms with Crippen molar-refractivity contribution in [1.82, 2.24) is 9.55 Å². The van der Waals surface area contributed by atoms with Crippen LogP contribution in [0.5, 0.6) is 0 Å². The second kappa shape index (κ2) is 7.87. The molecule has 27 heavy (non-hydrogen) atoms. The lowest BCUT2D eigenvalue weighted by Crippen LogP contribution is -2.27. The van der Waals surface area contributed by atoms with Crippen LogP contribution in [-0.2, 0) is 11.3 Å². The summed E-state index contributed by atoms with van der Waals surface area (Å²) < 4.78 is 28.9. The van der Waals surface area contributed by atoms with Crippen LogP contribution in [0.25, 0.3) is 10.9 Å². The summed E-state index contributed by atoms with van der Waals surface area (Å²) in [7, 11) is 0. The van der Waals surface area contributed by atoms with Gasteiger partial charge in [-0.2, -0.15) is 0 Å². The molecule has 8 heteroatoms. The zero-order valence-electron chi connectivity index (χ0n) is 14.7. The van der Waals surface area contributed by atoms with Gasteiger partial charge in [0, 0.05) is 6.54 Å². The molecule has 0 spiro atoms. The molecule has 1 heterocycles. The molecule has 1 unspecified atom stereocenters. The molecule has 1 atom stereocenters. The summed E-state index contributed by atoms with van der Waals surface area (Å²) in [6.07, 6.45) is 0. The van der Waals surface area contributed by atoms with E-state index in [1.54, 1.807) is 38.1 Å². The Morgan fingerprint density at radius 2 is 1.85 bits per heavy atom. The minimum atomic E-state index is -0.852. The topological polar surface area (TPSA) is 64.0 Å². The van der Waals surface area contributed by atoms with Gasteiger partial charge >= 0.3 is 0 Å². The molecule has 0 saturated heterocycles. The monoisotopic (exact) mass is 389 g/mol. The number of halogens is 2. The Hall–Kier alpha value is -2.74. The van der Waals surface area contributed by atoms with E-state index in [-0.39, 0.29) is 5.56 Å². The molecular weight excluding hydrogens is 372 g/mol. The van der Waals surface area contributed by atoms with E-state index in [9.17, 15) is 18.4 Å². The number of benzene rings is 2. The second-order valence-corrected chi connectivity index (χ2v) is 7.11. The summed E-state index contributed by atoms with van der Waals surface area (Å²) in [6.45, 7) is 3.77. The molecular formula is C19H17F2N3O2S. The van der Waals surface area contributed by atoms with Crippen molar-refractivity contribution in [3.05, 3.63) is 64.5 Å². The minimum absolute atomic E-state index is 0.196. The molecule has 0 fully saturated rings. The van der Waals surface area contributed by atoms with E-state index in [2.05, 4.69) is 10.3 Å². The first-order valence-corrected chi connectivity index (χ1v) is 9.21. The van der Waals surface area contributed by atoms with Crippen LogP contribution in [-0.4, -0.2) is 20.7 Å². The third-order valence-corrected chi connectivity index (χ3v) is 5.10. The van der Waals surface area contributed by atoms with Gasteiger partial charge in [0.25, 0.3) is 5.56 Å². The molecule has 1 N–H and O–H groups in total. The van der Waals surface area contributed by atoms with Gasteiger partial charge < -0.3 is 5.32 Å². The number of para-hydroxylation sites is 2. The van der Waals surface area contributed by atoms with E-state index in [1.807, 2.05) is 0 Å². The summed E-state index contributed by atoms with van der Waals surface area (Å²) in [5.41, 5.74) is -0.157. The number of anilines is 1. The molecule has 0 saturated carbocycles. The minimum Gasteiger partial charge on any atom is -0.320 e. The van der Waals surface area contributed by atoms with Gasteiger partial charge in [0.05, 0.1) is 16.2 Å². The molecule has 2 aromatic carbocycles. The summed E-state index contributed by atoms with van der Waals surface area (Å²) in [5, 5.41) is 2.40. The van der Waals surface area contributed by atoms with Gasteiger partial charge in [0.15, 0.2) is 5.16 Å². The van der Waals surface area contributed by atoms with Gasteiger partial charge in [-0.1, -0.05) is 30.0 Å². The number of carbonyl (C=O) groups excluding carboxylic acids is 1. The highest BCUT2D eigenvalue weighted by Gasteiger charge is 2.21. The second-order valence-electron chi connectivity index (χ2n) is 5.81. The third kappa shape index (κ3) is 3.85. The number of amides is 1. The Morgan fingerprint density at radius 1 is 1.19 bits per heavy atom. The molecule has 0 aliphatic heterocycles. The van der Waals surface area contributed by atoms with Gasteiger partial charge in [0.2, 0.25) is 5.91 Å². The highest BCUT2D eigenvalue weighted by atomic mass is 32.2. The van der Waals surface area contributed by atoms with Crippen molar-refractivity contribution in [2.45, 2.75) is 30.8 Å². The summed E-state index contributed by atoms with van der Waals surface area (Å²) in [5.74, 6) is -2.29. The van der Waals surface area contributed by atoms with Crippen molar-refractivity contribution in [3.8, 4) is 0 Å². The lowest BCUT2D eigenvalue weighted by atomic mass is 10.2. The van der Waals surface area contributed by atoms with E-state index < -0.39 is 28.5 Å². The molecule has 1 amide bonds. The fraction of sp³-hybridized carbons (Fsp3) is 0.211. The average molecular weight is 389 g/mol. The number of aromatic nitrogens is 2. The van der Waals surface area contributed by atoms with E-state index in [0.29, 0.717) is 22.6 Å². The van der Waals surface area contributed by atoms with Crippen molar-refractivity contribution >= 4 is 34.3 Å². The molecule has 1 aromatic heterocycles. The highest BCUT2D eigenvalue weighted by molar-refractivity contribution is 8.00. The first kappa shape index (κ1) is 19.0. The number of hydrogen-bond acceptors (Lipinski definition) is 4. The number of fused-ring (bicyclic) bond motifs is 1. The maximum Gasteiger partial charge on any atom is 0.262 e. The van der Waals surface area contributed by atoms with Crippen LogP contribution in [0.3, 0.4) is 0 Å². The molecule has 140 valence electrons. The smallest absolute Gasteiger partial charge is 0.262 e. The largest absolute Gasteiger partial charge is 0.320 e. The highest BCUT2D eigenvalue weighted by Crippen LogP contribution is 2.25. The normalized spacial score (nSPS) is 12.1. The molecule has 0 aliphatic carbocycles. The van der Waals surface area contributed by atoms with Crippen molar-refractivity contribution < 1.29 is 13.6 Å². The van der Waals surface area contributed by atoms with E-state index in [1.165, 1.54) is 10.6 Å². The predicted molar refractivity (Wildman–Crippen MR) is 102 cm³/mol. The Balaban J connectivity index is 1.88. The molecule has 0 radical (unpaired) electrons. The van der Waals surface area contributed by atoms with E-state index >= 15 is 0 Å². The molecule has 5 nitrogen and oxygen atoms in total. The van der Waals surface area contributed by atoms with Crippen molar-refractivity contribution in [3.63, 3.8) is 0 Å². The molecule has 0 aliphatic rings. The van der Waals surface area contributed by atoms with Gasteiger partial charge in [-0.25, -0.2) is 13.8 Å². The van der Waals surface area contributed by atoms with Crippen LogP contribution in [0.2, 0.25) is 0 Å². The van der Waals surface area contributed by atoms with E-state index in [0.717, 1.165) is 23.9 Å². The maximum atomic E-state index is 13.7. The molecule has 3 rings (SSSR count). The van der Waals surface area contributed by atoms with Gasteiger partial charge in [0.1, 0.15) is 17.3 Å². The van der Waals surface area contributed by atoms with Crippen molar-refractivity contribution in [2.75, 3.05) is 5.32 Å². The summed E-state index contributed by atoms with van der Waals surface area (Å²) in [4.78, 5) is 29.5. The fourth-order valence-corrected chi connectivity index (χ4v) is 3.54. The average Bonchev–Trinajstić information content (AvgIpc) is 2.65. The maximum absolute atomic E-state index is 13.7. The lowest BCUT2D eigenvalue weighted by molar-refractivity contribution is -0.115. The first-order chi connectivity index (χ1) is 12.9. The Kier molecular flexibility index (Phi) is 5.55. The van der Waals surface area contributed by atoms with Crippen LogP contribution in [0.4, 0.5) is 14.5 Å². The van der Waals surface area contributed by atoms with Crippen LogP contribution in [0.15, 0.2) is 52.4 Å². The fourth-order valence-electron chi connectivity index (χ4n) is 2.57. The lowest BCUT2D eigenvalue weighted by Gasteiger charge is -2.15. The number of hydrogen-bond donors (Lipinski definition) is 1. The summed E-state index contributed by atoms with van der Waals surface area (Å²) >= 11 is 1.06. The Morgan fingerprint density at radius 3 is 2.52 bits per heavy atom. The number of nitrogens with zero attached hydrogens (tertiary/aromatic N) is 2. The summed E-state index contributed by atoms with van der Waals surface area (Å²) in [6, 6.07) is 10.3.